The fourth-order valence-electron chi connectivity index (χ4n) is 1.28. The Morgan fingerprint density at radius 1 is 1.25 bits per heavy atom. The molecular formula is C13H15NO2. The van der Waals surface area contributed by atoms with Crippen LogP contribution in [0.25, 0.3) is 0 Å². The van der Waals surface area contributed by atoms with Crippen molar-refractivity contribution >= 4 is 5.97 Å². The number of unbranched alkanes of at least 4 members (excludes halogenated alkanes) is 2. The van der Waals surface area contributed by atoms with Crippen LogP contribution in [0.4, 0.5) is 0 Å². The molecule has 3 nitrogen and oxygen atoms in total. The fraction of sp³-hybridized carbons (Fsp3) is 0.385. The van der Waals surface area contributed by atoms with Crippen molar-refractivity contribution < 1.29 is 9.53 Å². The van der Waals surface area contributed by atoms with Gasteiger partial charge in [0.1, 0.15) is 6.61 Å². The summed E-state index contributed by atoms with van der Waals surface area (Å²) in [6.07, 6.45) is 2.39. The summed E-state index contributed by atoms with van der Waals surface area (Å²) in [6, 6.07) is 11.6. The van der Waals surface area contributed by atoms with E-state index in [1.165, 1.54) is 0 Å². The van der Waals surface area contributed by atoms with E-state index in [0.717, 1.165) is 18.4 Å². The van der Waals surface area contributed by atoms with Gasteiger partial charge in [0.15, 0.2) is 0 Å². The number of carbonyl (C=O) groups is 1. The largest absolute Gasteiger partial charge is 0.461 e. The second-order valence-electron chi connectivity index (χ2n) is 3.51. The first kappa shape index (κ1) is 12.3. The molecule has 0 bridgehead atoms. The second-order valence-corrected chi connectivity index (χ2v) is 3.51. The molecule has 0 atom stereocenters. The molecule has 0 radical (unpaired) electrons. The molecule has 1 aromatic carbocycles. The number of rotatable bonds is 6. The van der Waals surface area contributed by atoms with Crippen LogP contribution in [0.15, 0.2) is 30.3 Å². The van der Waals surface area contributed by atoms with E-state index in [1.54, 1.807) is 0 Å². The molecule has 3 heteroatoms. The highest BCUT2D eigenvalue weighted by Crippen LogP contribution is 2.04. The van der Waals surface area contributed by atoms with Gasteiger partial charge in [0, 0.05) is 12.8 Å². The van der Waals surface area contributed by atoms with Crippen molar-refractivity contribution in [2.45, 2.75) is 32.3 Å². The molecule has 1 rings (SSSR count). The third kappa shape index (κ3) is 5.16. The summed E-state index contributed by atoms with van der Waals surface area (Å²) in [4.78, 5) is 11.3. The Labute approximate surface area is 95.7 Å². The minimum absolute atomic E-state index is 0.193. The number of carbonyl (C=O) groups excluding carboxylic acids is 1. The Morgan fingerprint density at radius 3 is 2.69 bits per heavy atom. The summed E-state index contributed by atoms with van der Waals surface area (Å²) in [6.45, 7) is 0.331. The molecule has 0 aliphatic rings. The molecule has 0 unspecified atom stereocenters. The number of hydrogen-bond donors (Lipinski definition) is 0. The molecule has 84 valence electrons. The fourth-order valence-corrected chi connectivity index (χ4v) is 1.28. The lowest BCUT2D eigenvalue weighted by Gasteiger charge is -2.03. The van der Waals surface area contributed by atoms with Crippen LogP contribution in [0, 0.1) is 11.3 Å². The molecule has 0 N–H and O–H groups in total. The summed E-state index contributed by atoms with van der Waals surface area (Å²) in [5.41, 5.74) is 0.993. The Kier molecular flexibility index (Phi) is 5.72. The molecule has 0 saturated heterocycles. The SMILES string of the molecule is N#CCCCCC(=O)OCc1ccccc1. The van der Waals surface area contributed by atoms with Crippen molar-refractivity contribution in [2.24, 2.45) is 0 Å². The van der Waals surface area contributed by atoms with E-state index >= 15 is 0 Å². The quantitative estimate of drug-likeness (QED) is 0.543. The highest BCUT2D eigenvalue weighted by atomic mass is 16.5. The molecule has 0 amide bonds. The molecule has 0 aliphatic heterocycles. The Bertz CT molecular complexity index is 354. The maximum atomic E-state index is 11.3. The molecule has 0 spiro atoms. The van der Waals surface area contributed by atoms with Crippen LogP contribution in [-0.4, -0.2) is 5.97 Å². The number of hydrogen-bond acceptors (Lipinski definition) is 3. The molecule has 0 heterocycles. The Morgan fingerprint density at radius 2 is 2.00 bits per heavy atom. The van der Waals surface area contributed by atoms with E-state index in [0.29, 0.717) is 19.4 Å². The second kappa shape index (κ2) is 7.47. The van der Waals surface area contributed by atoms with Gasteiger partial charge in [-0.25, -0.2) is 0 Å². The highest BCUT2D eigenvalue weighted by molar-refractivity contribution is 5.69. The first-order valence-corrected chi connectivity index (χ1v) is 5.39. The molecule has 1 aromatic rings. The van der Waals surface area contributed by atoms with E-state index < -0.39 is 0 Å². The smallest absolute Gasteiger partial charge is 0.306 e. The van der Waals surface area contributed by atoms with Gasteiger partial charge in [0.05, 0.1) is 6.07 Å². The van der Waals surface area contributed by atoms with E-state index in [4.69, 9.17) is 10.00 Å². The molecule has 0 fully saturated rings. The third-order valence-electron chi connectivity index (χ3n) is 2.16. The zero-order chi connectivity index (χ0) is 11.6. The summed E-state index contributed by atoms with van der Waals surface area (Å²) in [7, 11) is 0. The minimum Gasteiger partial charge on any atom is -0.461 e. The van der Waals surface area contributed by atoms with Gasteiger partial charge in [-0.1, -0.05) is 30.3 Å². The van der Waals surface area contributed by atoms with Gasteiger partial charge in [-0.3, -0.25) is 4.79 Å². The summed E-state index contributed by atoms with van der Waals surface area (Å²) in [5.74, 6) is -0.193. The van der Waals surface area contributed by atoms with E-state index in [-0.39, 0.29) is 5.97 Å². The maximum absolute atomic E-state index is 11.3. The lowest BCUT2D eigenvalue weighted by Crippen LogP contribution is -2.04. The number of esters is 1. The Balaban J connectivity index is 2.14. The van der Waals surface area contributed by atoms with Gasteiger partial charge in [-0.2, -0.15) is 5.26 Å². The van der Waals surface area contributed by atoms with Gasteiger partial charge in [0.25, 0.3) is 0 Å². The topological polar surface area (TPSA) is 50.1 Å². The van der Waals surface area contributed by atoms with E-state index in [1.807, 2.05) is 36.4 Å². The molecule has 0 aliphatic carbocycles. The average molecular weight is 217 g/mol. The summed E-state index contributed by atoms with van der Waals surface area (Å²) >= 11 is 0. The predicted octanol–water partition coefficient (Wildman–Crippen LogP) is 2.81. The molecule has 16 heavy (non-hydrogen) atoms. The first-order valence-electron chi connectivity index (χ1n) is 5.39. The number of ether oxygens (including phenoxy) is 1. The summed E-state index contributed by atoms with van der Waals surface area (Å²) in [5, 5.41) is 8.32. The minimum atomic E-state index is -0.193. The van der Waals surface area contributed by atoms with Crippen molar-refractivity contribution in [1.82, 2.24) is 0 Å². The summed E-state index contributed by atoms with van der Waals surface area (Å²) < 4.78 is 5.09. The van der Waals surface area contributed by atoms with Gasteiger partial charge >= 0.3 is 5.97 Å². The van der Waals surface area contributed by atoms with Crippen LogP contribution in [0.2, 0.25) is 0 Å². The third-order valence-corrected chi connectivity index (χ3v) is 2.16. The zero-order valence-electron chi connectivity index (χ0n) is 9.19. The van der Waals surface area contributed by atoms with Gasteiger partial charge in [0.2, 0.25) is 0 Å². The van der Waals surface area contributed by atoms with Crippen LogP contribution < -0.4 is 0 Å². The van der Waals surface area contributed by atoms with Gasteiger partial charge in [-0.15, -0.1) is 0 Å². The zero-order valence-corrected chi connectivity index (χ0v) is 9.19. The average Bonchev–Trinajstić information content (AvgIpc) is 2.33. The standard InChI is InChI=1S/C13H15NO2/c14-10-6-2-5-9-13(15)16-11-12-7-3-1-4-8-12/h1,3-4,7-8H,2,5-6,9,11H2. The van der Waals surface area contributed by atoms with Crippen molar-refractivity contribution in [3.05, 3.63) is 35.9 Å². The lowest BCUT2D eigenvalue weighted by atomic mass is 10.2. The lowest BCUT2D eigenvalue weighted by molar-refractivity contribution is -0.145. The maximum Gasteiger partial charge on any atom is 0.306 e. The van der Waals surface area contributed by atoms with Crippen LogP contribution in [0.5, 0.6) is 0 Å². The molecule has 0 aromatic heterocycles. The number of nitriles is 1. The highest BCUT2D eigenvalue weighted by Gasteiger charge is 2.02. The van der Waals surface area contributed by atoms with Crippen molar-refractivity contribution in [3.8, 4) is 6.07 Å². The number of nitrogens with zero attached hydrogens (tertiary/aromatic N) is 1. The Hall–Kier alpha value is -1.82. The predicted molar refractivity (Wildman–Crippen MR) is 60.3 cm³/mol. The van der Waals surface area contributed by atoms with Crippen molar-refractivity contribution in [1.29, 1.82) is 5.26 Å². The van der Waals surface area contributed by atoms with E-state index in [2.05, 4.69) is 0 Å². The number of benzene rings is 1. The molecular weight excluding hydrogens is 202 g/mol. The van der Waals surface area contributed by atoms with Gasteiger partial charge in [-0.05, 0) is 18.4 Å². The first-order chi connectivity index (χ1) is 7.83. The van der Waals surface area contributed by atoms with E-state index in [9.17, 15) is 4.79 Å². The van der Waals surface area contributed by atoms with Crippen LogP contribution in [0.1, 0.15) is 31.2 Å². The van der Waals surface area contributed by atoms with Gasteiger partial charge < -0.3 is 4.74 Å². The van der Waals surface area contributed by atoms with Crippen LogP contribution in [0.3, 0.4) is 0 Å². The van der Waals surface area contributed by atoms with Crippen LogP contribution >= 0.6 is 0 Å². The normalized spacial score (nSPS) is 9.44. The van der Waals surface area contributed by atoms with Crippen molar-refractivity contribution in [2.75, 3.05) is 0 Å². The molecule has 0 saturated carbocycles. The monoisotopic (exact) mass is 217 g/mol. The van der Waals surface area contributed by atoms with Crippen molar-refractivity contribution in [3.63, 3.8) is 0 Å². The van der Waals surface area contributed by atoms with Crippen LogP contribution in [-0.2, 0) is 16.1 Å².